The third-order valence-corrected chi connectivity index (χ3v) is 3.69. The van der Waals surface area contributed by atoms with Crippen LogP contribution in [0.3, 0.4) is 0 Å². The largest absolute Gasteiger partial charge is 0.493 e. The van der Waals surface area contributed by atoms with Crippen molar-refractivity contribution in [2.24, 2.45) is 0 Å². The van der Waals surface area contributed by atoms with Gasteiger partial charge in [0.2, 0.25) is 6.29 Å². The van der Waals surface area contributed by atoms with Gasteiger partial charge in [0.05, 0.1) is 20.3 Å². The number of benzene rings is 1. The highest BCUT2D eigenvalue weighted by atomic mass is 16.7. The average Bonchev–Trinajstić information content (AvgIpc) is 2.61. The number of ether oxygens (including phenoxy) is 3. The van der Waals surface area contributed by atoms with Crippen LogP contribution in [0.5, 0.6) is 11.5 Å². The van der Waals surface area contributed by atoms with Gasteiger partial charge in [-0.15, -0.1) is 0 Å². The fourth-order valence-electron chi connectivity index (χ4n) is 2.36. The summed E-state index contributed by atoms with van der Waals surface area (Å²) in [5.74, 6) is 0.607. The summed E-state index contributed by atoms with van der Waals surface area (Å²) in [4.78, 5) is 0. The molecule has 2 rings (SSSR count). The molecule has 0 bridgehead atoms. The molecule has 8 heteroatoms. The minimum absolute atomic E-state index is 0.0918. The maximum Gasteiger partial charge on any atom is 0.229 e. The number of hydrogen-bond donors (Lipinski definition) is 5. The minimum Gasteiger partial charge on any atom is -0.493 e. The molecule has 0 spiro atoms. The van der Waals surface area contributed by atoms with Crippen molar-refractivity contribution in [2.75, 3.05) is 20.3 Å². The molecule has 5 N–H and O–H groups in total. The van der Waals surface area contributed by atoms with E-state index in [1.807, 2.05) is 0 Å². The molecule has 1 aromatic carbocycles. The van der Waals surface area contributed by atoms with Gasteiger partial charge in [0, 0.05) is 0 Å². The van der Waals surface area contributed by atoms with Crippen LogP contribution >= 0.6 is 0 Å². The molecule has 8 nitrogen and oxygen atoms in total. The van der Waals surface area contributed by atoms with E-state index in [1.54, 1.807) is 30.4 Å². The molecule has 1 aromatic rings. The Morgan fingerprint density at radius 3 is 2.46 bits per heavy atom. The zero-order valence-electron chi connectivity index (χ0n) is 13.1. The predicted molar refractivity (Wildman–Crippen MR) is 83.5 cm³/mol. The molecular formula is C16H22O8. The molecule has 0 amide bonds. The summed E-state index contributed by atoms with van der Waals surface area (Å²) in [6.45, 7) is -0.627. The fraction of sp³-hybridized carbons (Fsp3) is 0.500. The molecule has 5 unspecified atom stereocenters. The normalized spacial score (nSPS) is 30.5. The van der Waals surface area contributed by atoms with E-state index in [0.717, 1.165) is 5.56 Å². The van der Waals surface area contributed by atoms with Gasteiger partial charge in [0.25, 0.3) is 0 Å². The number of rotatable bonds is 6. The molecule has 5 atom stereocenters. The first-order chi connectivity index (χ1) is 11.5. The second-order valence-corrected chi connectivity index (χ2v) is 5.31. The standard InChI is InChI=1S/C16H22O8/c1-22-11-7-9(3-2-6-17)4-5-10(11)23-16-15(21)14(20)13(19)12(8-18)24-16/h2-5,7,12-21H,6,8H2,1H3. The van der Waals surface area contributed by atoms with E-state index in [-0.39, 0.29) is 12.4 Å². The zero-order chi connectivity index (χ0) is 17.7. The third-order valence-electron chi connectivity index (χ3n) is 3.69. The Balaban J connectivity index is 2.18. The van der Waals surface area contributed by atoms with Crippen LogP contribution in [-0.2, 0) is 4.74 Å². The number of aliphatic hydroxyl groups excluding tert-OH is 5. The Morgan fingerprint density at radius 2 is 1.83 bits per heavy atom. The van der Waals surface area contributed by atoms with Gasteiger partial charge < -0.3 is 39.7 Å². The van der Waals surface area contributed by atoms with Gasteiger partial charge in [-0.25, -0.2) is 0 Å². The maximum atomic E-state index is 10.00. The molecule has 24 heavy (non-hydrogen) atoms. The molecule has 1 aliphatic heterocycles. The topological polar surface area (TPSA) is 129 Å². The van der Waals surface area contributed by atoms with Crippen molar-refractivity contribution in [1.82, 2.24) is 0 Å². The third kappa shape index (κ3) is 4.04. The predicted octanol–water partition coefficient (Wildman–Crippen LogP) is -1.12. The Labute approximate surface area is 139 Å². The van der Waals surface area contributed by atoms with Gasteiger partial charge in [-0.1, -0.05) is 18.2 Å². The van der Waals surface area contributed by atoms with Crippen LogP contribution in [0, 0.1) is 0 Å². The van der Waals surface area contributed by atoms with Crippen molar-refractivity contribution in [2.45, 2.75) is 30.7 Å². The molecule has 0 saturated carbocycles. The number of hydrogen-bond acceptors (Lipinski definition) is 8. The quantitative estimate of drug-likeness (QED) is 0.440. The van der Waals surface area contributed by atoms with E-state index >= 15 is 0 Å². The van der Waals surface area contributed by atoms with Gasteiger partial charge in [0.1, 0.15) is 24.4 Å². The molecular weight excluding hydrogens is 320 g/mol. The Bertz CT molecular complexity index is 559. The van der Waals surface area contributed by atoms with Crippen molar-refractivity contribution in [3.8, 4) is 11.5 Å². The molecule has 0 radical (unpaired) electrons. The average molecular weight is 342 g/mol. The summed E-state index contributed by atoms with van der Waals surface area (Å²) in [5.41, 5.74) is 0.766. The van der Waals surface area contributed by atoms with Crippen LogP contribution in [0.25, 0.3) is 6.08 Å². The molecule has 0 aliphatic carbocycles. The summed E-state index contributed by atoms with van der Waals surface area (Å²) >= 11 is 0. The van der Waals surface area contributed by atoms with Gasteiger partial charge in [-0.05, 0) is 17.7 Å². The van der Waals surface area contributed by atoms with Crippen LogP contribution in [0.15, 0.2) is 24.3 Å². The summed E-state index contributed by atoms with van der Waals surface area (Å²) < 4.78 is 16.1. The summed E-state index contributed by atoms with van der Waals surface area (Å²) in [6.07, 6.45) is -3.54. The monoisotopic (exact) mass is 342 g/mol. The Kier molecular flexibility index (Phi) is 6.55. The molecule has 1 fully saturated rings. The molecule has 1 aliphatic rings. The van der Waals surface area contributed by atoms with Crippen LogP contribution < -0.4 is 9.47 Å². The van der Waals surface area contributed by atoms with Crippen molar-refractivity contribution in [3.05, 3.63) is 29.8 Å². The van der Waals surface area contributed by atoms with Crippen molar-refractivity contribution in [3.63, 3.8) is 0 Å². The highest BCUT2D eigenvalue weighted by Gasteiger charge is 2.44. The van der Waals surface area contributed by atoms with Crippen molar-refractivity contribution in [1.29, 1.82) is 0 Å². The molecule has 134 valence electrons. The molecule has 1 saturated heterocycles. The second-order valence-electron chi connectivity index (χ2n) is 5.31. The van der Waals surface area contributed by atoms with E-state index in [1.165, 1.54) is 7.11 Å². The van der Waals surface area contributed by atoms with Gasteiger partial charge >= 0.3 is 0 Å². The fourth-order valence-corrected chi connectivity index (χ4v) is 2.36. The lowest BCUT2D eigenvalue weighted by Crippen LogP contribution is -2.60. The lowest BCUT2D eigenvalue weighted by atomic mass is 9.99. The minimum atomic E-state index is -1.52. The second kappa shape index (κ2) is 8.43. The maximum absolute atomic E-state index is 10.00. The number of aliphatic hydroxyl groups is 5. The Morgan fingerprint density at radius 1 is 1.08 bits per heavy atom. The Hall–Kier alpha value is -1.68. The van der Waals surface area contributed by atoms with E-state index < -0.39 is 37.3 Å². The first kappa shape index (κ1) is 18.7. The zero-order valence-corrected chi connectivity index (χ0v) is 13.1. The first-order valence-corrected chi connectivity index (χ1v) is 7.44. The van der Waals surface area contributed by atoms with Crippen LogP contribution in [0.2, 0.25) is 0 Å². The van der Waals surface area contributed by atoms with Gasteiger partial charge in [-0.2, -0.15) is 0 Å². The summed E-state index contributed by atoms with van der Waals surface area (Å²) in [5, 5.41) is 47.5. The smallest absolute Gasteiger partial charge is 0.229 e. The van der Waals surface area contributed by atoms with E-state index in [2.05, 4.69) is 0 Å². The van der Waals surface area contributed by atoms with E-state index in [0.29, 0.717) is 5.75 Å². The van der Waals surface area contributed by atoms with E-state index in [9.17, 15) is 20.4 Å². The SMILES string of the molecule is COc1cc(C=CCO)ccc1OC1OC(CO)C(O)C(O)C1O. The number of methoxy groups -OCH3 is 1. The van der Waals surface area contributed by atoms with Gasteiger partial charge in [-0.3, -0.25) is 0 Å². The lowest BCUT2D eigenvalue weighted by Gasteiger charge is -2.39. The van der Waals surface area contributed by atoms with Crippen molar-refractivity contribution < 1.29 is 39.7 Å². The van der Waals surface area contributed by atoms with Gasteiger partial charge in [0.15, 0.2) is 11.5 Å². The van der Waals surface area contributed by atoms with Crippen LogP contribution in [-0.4, -0.2) is 76.6 Å². The van der Waals surface area contributed by atoms with Crippen LogP contribution in [0.1, 0.15) is 5.56 Å². The molecule has 1 heterocycles. The van der Waals surface area contributed by atoms with Crippen LogP contribution in [0.4, 0.5) is 0 Å². The molecule has 0 aromatic heterocycles. The highest BCUT2D eigenvalue weighted by molar-refractivity contribution is 5.55. The first-order valence-electron chi connectivity index (χ1n) is 7.44. The van der Waals surface area contributed by atoms with E-state index in [4.69, 9.17) is 19.3 Å². The summed E-state index contributed by atoms with van der Waals surface area (Å²) in [7, 11) is 1.44. The summed E-state index contributed by atoms with van der Waals surface area (Å²) in [6, 6.07) is 4.94. The highest BCUT2D eigenvalue weighted by Crippen LogP contribution is 2.32. The van der Waals surface area contributed by atoms with Crippen molar-refractivity contribution >= 4 is 6.08 Å². The lowest BCUT2D eigenvalue weighted by molar-refractivity contribution is -0.277.